The van der Waals surface area contributed by atoms with E-state index in [1.165, 1.54) is 12.8 Å². The second kappa shape index (κ2) is 5.00. The first-order chi connectivity index (χ1) is 9.24. The Kier molecular flexibility index (Phi) is 3.20. The van der Waals surface area contributed by atoms with Gasteiger partial charge in [-0.25, -0.2) is 0 Å². The van der Waals surface area contributed by atoms with Crippen molar-refractivity contribution in [1.29, 1.82) is 0 Å². The first-order valence-corrected chi connectivity index (χ1v) is 6.91. The van der Waals surface area contributed by atoms with Gasteiger partial charge in [0.2, 0.25) is 5.91 Å². The van der Waals surface area contributed by atoms with Gasteiger partial charge < -0.3 is 5.32 Å². The summed E-state index contributed by atoms with van der Waals surface area (Å²) >= 11 is 0. The van der Waals surface area contributed by atoms with Crippen LogP contribution in [0, 0.1) is 12.8 Å². The zero-order valence-electron chi connectivity index (χ0n) is 11.1. The van der Waals surface area contributed by atoms with E-state index in [9.17, 15) is 4.79 Å². The molecule has 1 heterocycles. The number of para-hydroxylation sites is 1. The molecule has 1 N–H and O–H groups in total. The van der Waals surface area contributed by atoms with Crippen molar-refractivity contribution in [2.45, 2.75) is 32.6 Å². The number of nitrogens with zero attached hydrogens (tertiary/aromatic N) is 1. The van der Waals surface area contributed by atoms with Crippen LogP contribution in [0.25, 0.3) is 10.9 Å². The topological polar surface area (TPSA) is 42.0 Å². The van der Waals surface area contributed by atoms with Gasteiger partial charge in [-0.3, -0.25) is 9.78 Å². The number of hydrogen-bond acceptors (Lipinski definition) is 2. The summed E-state index contributed by atoms with van der Waals surface area (Å²) in [6, 6.07) is 9.95. The van der Waals surface area contributed by atoms with E-state index in [0.717, 1.165) is 35.1 Å². The fraction of sp³-hybridized carbons (Fsp3) is 0.375. The lowest BCUT2D eigenvalue weighted by atomic mass is 10.1. The van der Waals surface area contributed by atoms with Gasteiger partial charge >= 0.3 is 0 Å². The molecular weight excluding hydrogens is 236 g/mol. The number of anilines is 1. The lowest BCUT2D eigenvalue weighted by molar-refractivity contribution is -0.119. The summed E-state index contributed by atoms with van der Waals surface area (Å²) < 4.78 is 0. The summed E-state index contributed by atoms with van der Waals surface area (Å²) in [4.78, 5) is 16.7. The molecule has 1 aliphatic carbocycles. The van der Waals surface area contributed by atoms with Crippen molar-refractivity contribution in [2.75, 3.05) is 5.32 Å². The zero-order valence-corrected chi connectivity index (χ0v) is 11.1. The maximum Gasteiger partial charge on any atom is 0.227 e. The molecule has 0 bridgehead atoms. The molecule has 98 valence electrons. The van der Waals surface area contributed by atoms with Crippen LogP contribution in [-0.2, 0) is 4.79 Å². The van der Waals surface area contributed by atoms with Gasteiger partial charge in [-0.05, 0) is 31.9 Å². The molecule has 19 heavy (non-hydrogen) atoms. The Labute approximate surface area is 113 Å². The molecule has 1 aliphatic rings. The number of pyridine rings is 1. The quantitative estimate of drug-likeness (QED) is 0.888. The highest BCUT2D eigenvalue weighted by atomic mass is 16.1. The Morgan fingerprint density at radius 1 is 1.21 bits per heavy atom. The number of benzene rings is 1. The molecule has 0 radical (unpaired) electrons. The van der Waals surface area contributed by atoms with Crippen LogP contribution in [-0.4, -0.2) is 10.9 Å². The average molecular weight is 254 g/mol. The number of aromatic nitrogens is 1. The number of hydrogen-bond donors (Lipinski definition) is 1. The van der Waals surface area contributed by atoms with Crippen LogP contribution in [0.1, 0.15) is 31.4 Å². The standard InChI is InChI=1S/C16H18N2O/c1-11-9-10-12-7-4-8-14(15(12)17-11)18-16(19)13-5-2-3-6-13/h4,7-10,13H,2-3,5-6H2,1H3,(H,18,19). The summed E-state index contributed by atoms with van der Waals surface area (Å²) in [6.07, 6.45) is 4.38. The van der Waals surface area contributed by atoms with Crippen LogP contribution in [0.2, 0.25) is 0 Å². The van der Waals surface area contributed by atoms with Crippen LogP contribution >= 0.6 is 0 Å². The second-order valence-corrected chi connectivity index (χ2v) is 5.30. The molecule has 0 saturated heterocycles. The SMILES string of the molecule is Cc1ccc2cccc(NC(=O)C3CCCC3)c2n1. The summed E-state index contributed by atoms with van der Waals surface area (Å²) in [5.74, 6) is 0.327. The summed E-state index contributed by atoms with van der Waals surface area (Å²) in [5.41, 5.74) is 2.68. The van der Waals surface area contributed by atoms with Crippen LogP contribution < -0.4 is 5.32 Å². The maximum absolute atomic E-state index is 12.2. The van der Waals surface area contributed by atoms with Crippen LogP contribution in [0.15, 0.2) is 30.3 Å². The minimum atomic E-state index is 0.147. The van der Waals surface area contributed by atoms with Crippen LogP contribution in [0.3, 0.4) is 0 Å². The minimum Gasteiger partial charge on any atom is -0.324 e. The largest absolute Gasteiger partial charge is 0.324 e. The van der Waals surface area contributed by atoms with Gasteiger partial charge in [-0.15, -0.1) is 0 Å². The van der Waals surface area contributed by atoms with E-state index >= 15 is 0 Å². The molecule has 1 aromatic heterocycles. The van der Waals surface area contributed by atoms with Gasteiger partial charge in [0.05, 0.1) is 11.2 Å². The van der Waals surface area contributed by atoms with Gasteiger partial charge in [-0.1, -0.05) is 31.0 Å². The van der Waals surface area contributed by atoms with Crippen molar-refractivity contribution in [2.24, 2.45) is 5.92 Å². The highest BCUT2D eigenvalue weighted by Crippen LogP contribution is 2.27. The molecule has 2 aromatic rings. The molecule has 3 nitrogen and oxygen atoms in total. The first kappa shape index (κ1) is 12.2. The molecular formula is C16H18N2O. The smallest absolute Gasteiger partial charge is 0.227 e. The highest BCUT2D eigenvalue weighted by Gasteiger charge is 2.23. The van der Waals surface area contributed by atoms with Crippen molar-refractivity contribution in [1.82, 2.24) is 4.98 Å². The summed E-state index contributed by atoms with van der Waals surface area (Å²) in [6.45, 7) is 1.97. The number of carbonyl (C=O) groups excluding carboxylic acids is 1. The number of amides is 1. The van der Waals surface area contributed by atoms with E-state index in [-0.39, 0.29) is 11.8 Å². The highest BCUT2D eigenvalue weighted by molar-refractivity contribution is 6.01. The molecule has 1 amide bonds. The molecule has 0 spiro atoms. The fourth-order valence-electron chi connectivity index (χ4n) is 2.77. The third-order valence-corrected chi connectivity index (χ3v) is 3.84. The first-order valence-electron chi connectivity index (χ1n) is 6.91. The Bertz CT molecular complexity index is 615. The third kappa shape index (κ3) is 2.46. The Hall–Kier alpha value is -1.90. The Morgan fingerprint density at radius 3 is 2.79 bits per heavy atom. The van der Waals surface area contributed by atoms with Crippen molar-refractivity contribution in [3.63, 3.8) is 0 Å². The number of aryl methyl sites for hydroxylation is 1. The van der Waals surface area contributed by atoms with E-state index in [0.29, 0.717) is 0 Å². The van der Waals surface area contributed by atoms with E-state index in [1.54, 1.807) is 0 Å². The van der Waals surface area contributed by atoms with Gasteiger partial charge in [-0.2, -0.15) is 0 Å². The summed E-state index contributed by atoms with van der Waals surface area (Å²) in [5, 5.41) is 4.12. The molecule has 1 aromatic carbocycles. The Morgan fingerprint density at radius 2 is 2.00 bits per heavy atom. The molecule has 0 unspecified atom stereocenters. The molecule has 1 saturated carbocycles. The molecule has 0 atom stereocenters. The van der Waals surface area contributed by atoms with Gasteiger partial charge in [0.15, 0.2) is 0 Å². The van der Waals surface area contributed by atoms with E-state index in [1.807, 2.05) is 37.3 Å². The lowest BCUT2D eigenvalue weighted by Crippen LogP contribution is -2.20. The zero-order chi connectivity index (χ0) is 13.2. The molecule has 0 aliphatic heterocycles. The number of fused-ring (bicyclic) bond motifs is 1. The van der Waals surface area contributed by atoms with Crippen LogP contribution in [0.5, 0.6) is 0 Å². The van der Waals surface area contributed by atoms with Crippen molar-refractivity contribution < 1.29 is 4.79 Å². The second-order valence-electron chi connectivity index (χ2n) is 5.30. The molecule has 3 heteroatoms. The van der Waals surface area contributed by atoms with Gasteiger partial charge in [0, 0.05) is 17.0 Å². The predicted octanol–water partition coefficient (Wildman–Crippen LogP) is 3.67. The van der Waals surface area contributed by atoms with Crippen molar-refractivity contribution in [3.05, 3.63) is 36.0 Å². The van der Waals surface area contributed by atoms with E-state index in [4.69, 9.17) is 0 Å². The molecule has 1 fully saturated rings. The predicted molar refractivity (Wildman–Crippen MR) is 77.1 cm³/mol. The minimum absolute atomic E-state index is 0.147. The molecule has 3 rings (SSSR count). The number of carbonyl (C=O) groups is 1. The van der Waals surface area contributed by atoms with Crippen LogP contribution in [0.4, 0.5) is 5.69 Å². The fourth-order valence-corrected chi connectivity index (χ4v) is 2.77. The lowest BCUT2D eigenvalue weighted by Gasteiger charge is -2.12. The van der Waals surface area contributed by atoms with E-state index in [2.05, 4.69) is 10.3 Å². The summed E-state index contributed by atoms with van der Waals surface area (Å²) in [7, 11) is 0. The monoisotopic (exact) mass is 254 g/mol. The van der Waals surface area contributed by atoms with Crippen molar-refractivity contribution in [3.8, 4) is 0 Å². The number of rotatable bonds is 2. The Balaban J connectivity index is 1.91. The third-order valence-electron chi connectivity index (χ3n) is 3.84. The van der Waals surface area contributed by atoms with Gasteiger partial charge in [0.1, 0.15) is 0 Å². The normalized spacial score (nSPS) is 15.8. The van der Waals surface area contributed by atoms with Gasteiger partial charge in [0.25, 0.3) is 0 Å². The average Bonchev–Trinajstić information content (AvgIpc) is 2.93. The maximum atomic E-state index is 12.2. The van der Waals surface area contributed by atoms with Crippen molar-refractivity contribution >= 4 is 22.5 Å². The number of nitrogens with one attached hydrogen (secondary N) is 1. The van der Waals surface area contributed by atoms with E-state index < -0.39 is 0 Å².